The Kier molecular flexibility index (Phi) is 3.71. The lowest BCUT2D eigenvalue weighted by Crippen LogP contribution is -2.15. The Bertz CT molecular complexity index is 735. The molecule has 20 heavy (non-hydrogen) atoms. The number of sulfonamides is 1. The molecule has 0 saturated carbocycles. The van der Waals surface area contributed by atoms with Gasteiger partial charge in [0.2, 0.25) is 0 Å². The van der Waals surface area contributed by atoms with Crippen LogP contribution >= 0.6 is 0 Å². The molecule has 0 spiro atoms. The number of aryl methyl sites for hydroxylation is 2. The maximum absolute atomic E-state index is 12.4. The Labute approximate surface area is 118 Å². The van der Waals surface area contributed by atoms with Gasteiger partial charge in [0.15, 0.2) is 0 Å². The minimum absolute atomic E-state index is 0.194. The Morgan fingerprint density at radius 3 is 2.65 bits per heavy atom. The average Bonchev–Trinajstić information content (AvgIpc) is 2.80. The molecular formula is C13H18N4O2S. The second kappa shape index (κ2) is 5.16. The highest BCUT2D eigenvalue weighted by Crippen LogP contribution is 2.24. The first-order chi connectivity index (χ1) is 9.33. The van der Waals surface area contributed by atoms with Crippen LogP contribution in [-0.4, -0.2) is 18.2 Å². The number of nitrogens with zero attached hydrogens (tertiary/aromatic N) is 2. The van der Waals surface area contributed by atoms with E-state index in [0.29, 0.717) is 23.5 Å². The van der Waals surface area contributed by atoms with Crippen molar-refractivity contribution in [3.63, 3.8) is 0 Å². The normalized spacial score (nSPS) is 11.6. The van der Waals surface area contributed by atoms with Gasteiger partial charge in [-0.1, -0.05) is 0 Å². The number of benzene rings is 1. The van der Waals surface area contributed by atoms with E-state index in [1.54, 1.807) is 23.9 Å². The molecule has 6 nitrogen and oxygen atoms in total. The summed E-state index contributed by atoms with van der Waals surface area (Å²) in [5.74, 6) is 0. The molecule has 2 aromatic rings. The second-order valence-corrected chi connectivity index (χ2v) is 6.30. The number of nitrogens with two attached hydrogens (primary N) is 1. The molecule has 0 bridgehead atoms. The van der Waals surface area contributed by atoms with E-state index in [0.717, 1.165) is 5.56 Å². The van der Waals surface area contributed by atoms with Crippen LogP contribution in [0, 0.1) is 13.8 Å². The zero-order chi connectivity index (χ0) is 14.9. The van der Waals surface area contributed by atoms with Gasteiger partial charge in [0.1, 0.15) is 0 Å². The highest BCUT2D eigenvalue weighted by molar-refractivity contribution is 7.92. The summed E-state index contributed by atoms with van der Waals surface area (Å²) in [6, 6.07) is 3.22. The molecule has 0 aliphatic rings. The van der Waals surface area contributed by atoms with Crippen LogP contribution in [0.2, 0.25) is 0 Å². The number of hydrogen-bond donors (Lipinski definition) is 2. The van der Waals surface area contributed by atoms with Gasteiger partial charge in [0, 0.05) is 18.4 Å². The maximum Gasteiger partial charge on any atom is 0.262 e. The van der Waals surface area contributed by atoms with Gasteiger partial charge < -0.3 is 5.73 Å². The fourth-order valence-corrected chi connectivity index (χ4v) is 3.31. The third-order valence-corrected chi connectivity index (χ3v) is 4.65. The zero-order valence-corrected chi connectivity index (χ0v) is 12.5. The van der Waals surface area contributed by atoms with Crippen molar-refractivity contribution in [3.8, 4) is 0 Å². The summed E-state index contributed by atoms with van der Waals surface area (Å²) in [5.41, 5.74) is 8.13. The number of nitrogen functional groups attached to an aromatic ring is 1. The van der Waals surface area contributed by atoms with E-state index in [1.165, 1.54) is 12.3 Å². The fourth-order valence-electron chi connectivity index (χ4n) is 1.93. The lowest BCUT2D eigenvalue weighted by Gasteiger charge is -2.12. The number of anilines is 2. The monoisotopic (exact) mass is 294 g/mol. The van der Waals surface area contributed by atoms with Crippen LogP contribution in [0.3, 0.4) is 0 Å². The topological polar surface area (TPSA) is 90.0 Å². The fraction of sp³-hybridized carbons (Fsp3) is 0.308. The van der Waals surface area contributed by atoms with Crippen LogP contribution in [0.25, 0.3) is 0 Å². The lowest BCUT2D eigenvalue weighted by molar-refractivity contribution is 0.600. The molecule has 0 saturated heterocycles. The van der Waals surface area contributed by atoms with Crippen molar-refractivity contribution >= 4 is 21.4 Å². The predicted molar refractivity (Wildman–Crippen MR) is 79.0 cm³/mol. The molecule has 108 valence electrons. The van der Waals surface area contributed by atoms with E-state index in [4.69, 9.17) is 5.73 Å². The molecule has 2 rings (SSSR count). The second-order valence-electron chi connectivity index (χ2n) is 4.65. The summed E-state index contributed by atoms with van der Waals surface area (Å²) in [7, 11) is -3.67. The maximum atomic E-state index is 12.4. The van der Waals surface area contributed by atoms with E-state index in [-0.39, 0.29) is 4.90 Å². The smallest absolute Gasteiger partial charge is 0.262 e. The first kappa shape index (κ1) is 14.4. The number of hydrogen-bond acceptors (Lipinski definition) is 4. The molecule has 0 aliphatic heterocycles. The first-order valence-electron chi connectivity index (χ1n) is 6.25. The lowest BCUT2D eigenvalue weighted by atomic mass is 10.1. The molecule has 0 amide bonds. The van der Waals surface area contributed by atoms with E-state index in [1.807, 2.05) is 13.8 Å². The quantitative estimate of drug-likeness (QED) is 0.843. The third kappa shape index (κ3) is 2.77. The first-order valence-corrected chi connectivity index (χ1v) is 7.74. The molecule has 0 fully saturated rings. The Balaban J connectivity index is 2.40. The molecule has 3 N–H and O–H groups in total. The van der Waals surface area contributed by atoms with Crippen molar-refractivity contribution in [2.75, 3.05) is 10.5 Å². The Morgan fingerprint density at radius 1 is 1.35 bits per heavy atom. The summed E-state index contributed by atoms with van der Waals surface area (Å²) in [5, 5.41) is 4.04. The van der Waals surface area contributed by atoms with Crippen LogP contribution < -0.4 is 10.5 Å². The predicted octanol–water partition coefficient (Wildman–Crippen LogP) is 1.90. The van der Waals surface area contributed by atoms with Crippen molar-refractivity contribution in [2.24, 2.45) is 0 Å². The number of rotatable bonds is 4. The van der Waals surface area contributed by atoms with Crippen LogP contribution in [-0.2, 0) is 16.6 Å². The minimum atomic E-state index is -3.67. The van der Waals surface area contributed by atoms with Gasteiger partial charge in [-0.3, -0.25) is 9.40 Å². The summed E-state index contributed by atoms with van der Waals surface area (Å²) in [6.07, 6.45) is 3.13. The van der Waals surface area contributed by atoms with Crippen LogP contribution in [0.4, 0.5) is 11.4 Å². The summed E-state index contributed by atoms with van der Waals surface area (Å²) in [4.78, 5) is 0.194. The van der Waals surface area contributed by atoms with E-state index < -0.39 is 10.0 Å². The molecular weight excluding hydrogens is 276 g/mol. The van der Waals surface area contributed by atoms with Gasteiger partial charge in [-0.05, 0) is 44.0 Å². The van der Waals surface area contributed by atoms with Crippen LogP contribution in [0.15, 0.2) is 29.4 Å². The molecule has 0 unspecified atom stereocenters. The van der Waals surface area contributed by atoms with Crippen LogP contribution in [0.5, 0.6) is 0 Å². The Hall–Kier alpha value is -2.02. The van der Waals surface area contributed by atoms with Crippen molar-refractivity contribution in [3.05, 3.63) is 35.7 Å². The van der Waals surface area contributed by atoms with Crippen LogP contribution in [0.1, 0.15) is 18.1 Å². The third-order valence-electron chi connectivity index (χ3n) is 3.14. The van der Waals surface area contributed by atoms with Gasteiger partial charge >= 0.3 is 0 Å². The highest BCUT2D eigenvalue weighted by atomic mass is 32.2. The van der Waals surface area contributed by atoms with Crippen molar-refractivity contribution in [2.45, 2.75) is 32.2 Å². The minimum Gasteiger partial charge on any atom is -0.399 e. The van der Waals surface area contributed by atoms with Gasteiger partial charge in [0.25, 0.3) is 10.0 Å². The van der Waals surface area contributed by atoms with E-state index >= 15 is 0 Å². The molecule has 0 radical (unpaired) electrons. The summed E-state index contributed by atoms with van der Waals surface area (Å²) in [6.45, 7) is 6.20. The summed E-state index contributed by atoms with van der Waals surface area (Å²) < 4.78 is 29.0. The molecule has 0 aliphatic carbocycles. The van der Waals surface area contributed by atoms with Crippen molar-refractivity contribution in [1.29, 1.82) is 0 Å². The van der Waals surface area contributed by atoms with Gasteiger partial charge in [-0.15, -0.1) is 0 Å². The number of aromatic nitrogens is 2. The van der Waals surface area contributed by atoms with Gasteiger partial charge in [0.05, 0.1) is 16.8 Å². The molecule has 1 aromatic heterocycles. The van der Waals surface area contributed by atoms with Crippen molar-refractivity contribution in [1.82, 2.24) is 9.78 Å². The average molecular weight is 294 g/mol. The van der Waals surface area contributed by atoms with E-state index in [2.05, 4.69) is 9.82 Å². The standard InChI is InChI=1S/C13H18N4O2S/c1-4-17-8-12(7-15-17)16-20(18,19)13-6-11(14)5-9(2)10(13)3/h5-8,16H,4,14H2,1-3H3. The molecule has 0 atom stereocenters. The molecule has 1 heterocycles. The number of nitrogens with one attached hydrogen (secondary N) is 1. The molecule has 7 heteroatoms. The zero-order valence-electron chi connectivity index (χ0n) is 11.7. The van der Waals surface area contributed by atoms with Crippen molar-refractivity contribution < 1.29 is 8.42 Å². The summed E-state index contributed by atoms with van der Waals surface area (Å²) >= 11 is 0. The van der Waals surface area contributed by atoms with E-state index in [9.17, 15) is 8.42 Å². The molecule has 1 aromatic carbocycles. The Morgan fingerprint density at radius 2 is 2.05 bits per heavy atom. The largest absolute Gasteiger partial charge is 0.399 e. The van der Waals surface area contributed by atoms with Gasteiger partial charge in [-0.25, -0.2) is 8.42 Å². The highest BCUT2D eigenvalue weighted by Gasteiger charge is 2.19. The SMILES string of the molecule is CCn1cc(NS(=O)(=O)c2cc(N)cc(C)c2C)cn1. The van der Waals surface area contributed by atoms with Gasteiger partial charge in [-0.2, -0.15) is 5.10 Å².